The molecule has 0 saturated carbocycles. The molecule has 5 nitrogen and oxygen atoms in total. The summed E-state index contributed by atoms with van der Waals surface area (Å²) in [5, 5.41) is 8.69. The van der Waals surface area contributed by atoms with Crippen LogP contribution in [0.15, 0.2) is 35.2 Å². The van der Waals surface area contributed by atoms with Gasteiger partial charge in [0.1, 0.15) is 11.4 Å². The summed E-state index contributed by atoms with van der Waals surface area (Å²) in [4.78, 5) is 10.2. The van der Waals surface area contributed by atoms with Crippen LogP contribution in [0.25, 0.3) is 16.3 Å². The largest absolute Gasteiger partial charge is 0.497 e. The lowest BCUT2D eigenvalue weighted by molar-refractivity contribution is 0.415. The number of imidazole rings is 1. The number of hydrogen-bond donors (Lipinski definition) is 1. The Hall–Kier alpha value is -2.09. The molecular formula is C16H13ClN4OS2. The minimum absolute atomic E-state index is 0.619. The van der Waals surface area contributed by atoms with Gasteiger partial charge in [0.15, 0.2) is 10.1 Å². The Kier molecular flexibility index (Phi) is 3.91. The summed E-state index contributed by atoms with van der Waals surface area (Å²) in [6.45, 7) is 2.00. The Balaban J connectivity index is 1.68. The van der Waals surface area contributed by atoms with Crippen LogP contribution >= 0.6 is 34.3 Å². The van der Waals surface area contributed by atoms with E-state index in [2.05, 4.69) is 19.7 Å². The van der Waals surface area contributed by atoms with Crippen molar-refractivity contribution >= 4 is 50.1 Å². The quantitative estimate of drug-likeness (QED) is 0.529. The molecule has 0 unspecified atom stereocenters. The maximum Gasteiger partial charge on any atom is 0.194 e. The van der Waals surface area contributed by atoms with E-state index in [-0.39, 0.29) is 0 Å². The Morgan fingerprint density at radius 3 is 2.96 bits per heavy atom. The first-order valence-corrected chi connectivity index (χ1v) is 9.28. The highest BCUT2D eigenvalue weighted by Crippen LogP contribution is 2.33. The molecule has 0 spiro atoms. The average Bonchev–Trinajstić information content (AvgIpc) is 3.25. The van der Waals surface area contributed by atoms with Crippen LogP contribution in [-0.4, -0.2) is 21.5 Å². The second-order valence-electron chi connectivity index (χ2n) is 5.11. The molecule has 0 aliphatic carbocycles. The van der Waals surface area contributed by atoms with Crippen LogP contribution in [0.5, 0.6) is 5.75 Å². The van der Waals surface area contributed by atoms with Crippen molar-refractivity contribution in [3.05, 3.63) is 45.9 Å². The summed E-state index contributed by atoms with van der Waals surface area (Å²) in [6.07, 6.45) is 2.01. The zero-order chi connectivity index (χ0) is 16.7. The van der Waals surface area contributed by atoms with Crippen molar-refractivity contribution in [2.24, 2.45) is 0 Å². The Morgan fingerprint density at radius 2 is 2.12 bits per heavy atom. The lowest BCUT2D eigenvalue weighted by atomic mass is 10.3. The van der Waals surface area contributed by atoms with E-state index in [0.717, 1.165) is 38.6 Å². The summed E-state index contributed by atoms with van der Waals surface area (Å²) >= 11 is 9.38. The number of nitrogens with one attached hydrogen (secondary N) is 1. The number of ether oxygens (including phenoxy) is 1. The number of rotatable bonds is 4. The van der Waals surface area contributed by atoms with E-state index in [1.807, 2.05) is 36.0 Å². The fourth-order valence-corrected chi connectivity index (χ4v) is 4.12. The van der Waals surface area contributed by atoms with Crippen LogP contribution in [-0.2, 0) is 0 Å². The number of aromatic nitrogens is 3. The maximum absolute atomic E-state index is 6.24. The molecule has 122 valence electrons. The van der Waals surface area contributed by atoms with E-state index in [4.69, 9.17) is 16.3 Å². The number of methoxy groups -OCH3 is 1. The molecule has 0 fully saturated rings. The number of thiazole rings is 2. The molecule has 1 aromatic carbocycles. The number of hydrogen-bond acceptors (Lipinski definition) is 6. The fraction of sp³-hybridized carbons (Fsp3) is 0.125. The molecule has 0 radical (unpaired) electrons. The standard InChI is InChI=1S/C16H13ClN4OS2/c1-9-14(21-5-6-23-16(21)18-9)13-8-24-15(20-13)19-12-7-10(22-2)3-4-11(12)17/h3-8H,1-2H3,(H,19,20). The normalized spacial score (nSPS) is 11.1. The van der Waals surface area contributed by atoms with Crippen molar-refractivity contribution in [1.29, 1.82) is 0 Å². The van der Waals surface area contributed by atoms with Gasteiger partial charge in [-0.3, -0.25) is 4.40 Å². The van der Waals surface area contributed by atoms with Gasteiger partial charge in [0.2, 0.25) is 0 Å². The highest BCUT2D eigenvalue weighted by Gasteiger charge is 2.15. The van der Waals surface area contributed by atoms with Gasteiger partial charge in [-0.15, -0.1) is 22.7 Å². The molecule has 24 heavy (non-hydrogen) atoms. The second kappa shape index (κ2) is 6.08. The van der Waals surface area contributed by atoms with E-state index >= 15 is 0 Å². The lowest BCUT2D eigenvalue weighted by Gasteiger charge is -2.07. The molecular weight excluding hydrogens is 364 g/mol. The van der Waals surface area contributed by atoms with Crippen LogP contribution < -0.4 is 10.1 Å². The number of aryl methyl sites for hydroxylation is 1. The minimum Gasteiger partial charge on any atom is -0.497 e. The van der Waals surface area contributed by atoms with Gasteiger partial charge in [-0.2, -0.15) is 0 Å². The van der Waals surface area contributed by atoms with E-state index < -0.39 is 0 Å². The molecule has 3 heterocycles. The molecule has 0 saturated heterocycles. The molecule has 0 atom stereocenters. The Labute approximate surface area is 151 Å². The summed E-state index contributed by atoms with van der Waals surface area (Å²) in [5.74, 6) is 0.741. The topological polar surface area (TPSA) is 51.5 Å². The summed E-state index contributed by atoms with van der Waals surface area (Å²) < 4.78 is 7.31. The molecule has 3 aromatic heterocycles. The number of fused-ring (bicyclic) bond motifs is 1. The van der Waals surface area contributed by atoms with Crippen LogP contribution in [0.2, 0.25) is 5.02 Å². The van der Waals surface area contributed by atoms with Crippen molar-refractivity contribution in [2.45, 2.75) is 6.92 Å². The summed E-state index contributed by atoms with van der Waals surface area (Å²) in [6, 6.07) is 5.47. The molecule has 1 N–H and O–H groups in total. The predicted molar refractivity (Wildman–Crippen MR) is 100 cm³/mol. The fourth-order valence-electron chi connectivity index (χ4n) is 2.48. The van der Waals surface area contributed by atoms with Gasteiger partial charge in [-0.25, -0.2) is 9.97 Å². The number of benzene rings is 1. The van der Waals surface area contributed by atoms with Gasteiger partial charge in [0.05, 0.1) is 29.2 Å². The Bertz CT molecular complexity index is 1020. The van der Waals surface area contributed by atoms with Gasteiger partial charge in [-0.1, -0.05) is 11.6 Å². The first-order valence-electron chi connectivity index (χ1n) is 7.14. The molecule has 4 rings (SSSR count). The SMILES string of the molecule is COc1ccc(Cl)c(Nc2nc(-c3c(C)nc4sccn34)cs2)c1. The molecule has 0 amide bonds. The molecule has 8 heteroatoms. The van der Waals surface area contributed by atoms with Crippen molar-refractivity contribution in [1.82, 2.24) is 14.4 Å². The predicted octanol–water partition coefficient (Wildman–Crippen LogP) is 5.23. The molecule has 0 aliphatic rings. The van der Waals surface area contributed by atoms with E-state index in [0.29, 0.717) is 5.02 Å². The van der Waals surface area contributed by atoms with Gasteiger partial charge >= 0.3 is 0 Å². The van der Waals surface area contributed by atoms with Crippen molar-refractivity contribution < 1.29 is 4.74 Å². The third-order valence-corrected chi connectivity index (χ3v) is 5.44. The van der Waals surface area contributed by atoms with Gasteiger partial charge in [0, 0.05) is 23.0 Å². The third-order valence-electron chi connectivity index (χ3n) is 3.60. The molecule has 0 aliphatic heterocycles. The Morgan fingerprint density at radius 1 is 1.25 bits per heavy atom. The smallest absolute Gasteiger partial charge is 0.194 e. The molecule has 0 bridgehead atoms. The first kappa shape index (κ1) is 15.4. The highest BCUT2D eigenvalue weighted by molar-refractivity contribution is 7.15. The third kappa shape index (κ3) is 2.64. The van der Waals surface area contributed by atoms with Crippen LogP contribution in [0.4, 0.5) is 10.8 Å². The van der Waals surface area contributed by atoms with E-state index in [1.54, 1.807) is 24.5 Å². The monoisotopic (exact) mass is 376 g/mol. The highest BCUT2D eigenvalue weighted by atomic mass is 35.5. The zero-order valence-electron chi connectivity index (χ0n) is 12.9. The van der Waals surface area contributed by atoms with Crippen LogP contribution in [0.3, 0.4) is 0 Å². The van der Waals surface area contributed by atoms with Crippen LogP contribution in [0.1, 0.15) is 5.69 Å². The summed E-state index contributed by atoms with van der Waals surface area (Å²) in [5.41, 5.74) is 3.65. The van der Waals surface area contributed by atoms with Crippen molar-refractivity contribution in [3.63, 3.8) is 0 Å². The van der Waals surface area contributed by atoms with Crippen LogP contribution in [0, 0.1) is 6.92 Å². The van der Waals surface area contributed by atoms with E-state index in [9.17, 15) is 0 Å². The number of nitrogens with zero attached hydrogens (tertiary/aromatic N) is 3. The number of halogens is 1. The van der Waals surface area contributed by atoms with Gasteiger partial charge in [0.25, 0.3) is 0 Å². The lowest BCUT2D eigenvalue weighted by Crippen LogP contribution is -1.93. The van der Waals surface area contributed by atoms with Gasteiger partial charge < -0.3 is 10.1 Å². The van der Waals surface area contributed by atoms with E-state index in [1.165, 1.54) is 11.3 Å². The van der Waals surface area contributed by atoms with Crippen molar-refractivity contribution in [3.8, 4) is 17.1 Å². The van der Waals surface area contributed by atoms with Gasteiger partial charge in [-0.05, 0) is 19.1 Å². The molecule has 4 aromatic rings. The maximum atomic E-state index is 6.24. The van der Waals surface area contributed by atoms with Crippen molar-refractivity contribution in [2.75, 3.05) is 12.4 Å². The second-order valence-corrected chi connectivity index (χ2v) is 7.25. The number of anilines is 2. The minimum atomic E-state index is 0.619. The summed E-state index contributed by atoms with van der Waals surface area (Å²) in [7, 11) is 1.63. The zero-order valence-corrected chi connectivity index (χ0v) is 15.3. The first-order chi connectivity index (χ1) is 11.7. The average molecular weight is 377 g/mol.